The number of hydrogen-bond donors (Lipinski definition) is 3. The number of phenols is 1. The van der Waals surface area contributed by atoms with Crippen molar-refractivity contribution >= 4 is 17.7 Å². The molecule has 0 unspecified atom stereocenters. The van der Waals surface area contributed by atoms with E-state index in [-0.39, 0.29) is 0 Å². The van der Waals surface area contributed by atoms with Gasteiger partial charge >= 0.3 is 11.9 Å². The molecule has 0 saturated carbocycles. The van der Waals surface area contributed by atoms with Crippen molar-refractivity contribution in [2.24, 2.45) is 0 Å². The van der Waals surface area contributed by atoms with Crippen molar-refractivity contribution in [3.8, 4) is 5.75 Å². The van der Waals surface area contributed by atoms with E-state index >= 15 is 0 Å². The second-order valence-corrected chi connectivity index (χ2v) is 2.79. The molecular formula is C9H5FO6. The summed E-state index contributed by atoms with van der Waals surface area (Å²) in [5.41, 5.74) is -1.52. The molecule has 7 heteroatoms. The number of rotatable bonds is 3. The lowest BCUT2D eigenvalue weighted by molar-refractivity contribution is -0.131. The predicted octanol–water partition coefficient (Wildman–Crippen LogP) is 0.497. The number of ketones is 1. The highest BCUT2D eigenvalue weighted by Crippen LogP contribution is 2.23. The standard InChI is InChI=1S/C9H5FO6/c10-5-2-3(6(11)9(15)16)1-4(7(5)12)8(13)14/h1-2,12H,(H,13,14)(H,15,16). The minimum atomic E-state index is -1.85. The summed E-state index contributed by atoms with van der Waals surface area (Å²) in [6.45, 7) is 0. The summed E-state index contributed by atoms with van der Waals surface area (Å²) < 4.78 is 13.0. The van der Waals surface area contributed by atoms with E-state index in [1.165, 1.54) is 0 Å². The van der Waals surface area contributed by atoms with Gasteiger partial charge in [0, 0.05) is 5.56 Å². The fourth-order valence-corrected chi connectivity index (χ4v) is 1.02. The van der Waals surface area contributed by atoms with Gasteiger partial charge in [-0.15, -0.1) is 0 Å². The van der Waals surface area contributed by atoms with Crippen LogP contribution < -0.4 is 0 Å². The molecule has 0 aliphatic carbocycles. The number of aromatic carboxylic acids is 1. The lowest BCUT2D eigenvalue weighted by atomic mass is 10.1. The lowest BCUT2D eigenvalue weighted by Crippen LogP contribution is -2.14. The third-order valence-corrected chi connectivity index (χ3v) is 1.75. The van der Waals surface area contributed by atoms with E-state index in [1.54, 1.807) is 0 Å². The first kappa shape index (κ1) is 11.6. The predicted molar refractivity (Wildman–Crippen MR) is 47.0 cm³/mol. The highest BCUT2D eigenvalue weighted by Gasteiger charge is 2.21. The first-order chi connectivity index (χ1) is 7.34. The molecule has 0 amide bonds. The van der Waals surface area contributed by atoms with Crippen LogP contribution in [0.4, 0.5) is 4.39 Å². The van der Waals surface area contributed by atoms with Crippen LogP contribution in [0.5, 0.6) is 5.75 Å². The van der Waals surface area contributed by atoms with Crippen molar-refractivity contribution in [3.05, 3.63) is 29.1 Å². The first-order valence-electron chi connectivity index (χ1n) is 3.88. The Balaban J connectivity index is 3.40. The molecule has 3 N–H and O–H groups in total. The van der Waals surface area contributed by atoms with Crippen LogP contribution in [0.25, 0.3) is 0 Å². The smallest absolute Gasteiger partial charge is 0.377 e. The number of carboxylic acids is 2. The Bertz CT molecular complexity index is 493. The van der Waals surface area contributed by atoms with E-state index in [1.807, 2.05) is 0 Å². The average molecular weight is 228 g/mol. The number of aromatic hydroxyl groups is 1. The molecule has 6 nitrogen and oxygen atoms in total. The SMILES string of the molecule is O=C(O)C(=O)c1cc(F)c(O)c(C(=O)O)c1. The largest absolute Gasteiger partial charge is 0.504 e. The van der Waals surface area contributed by atoms with Crippen LogP contribution in [0.2, 0.25) is 0 Å². The van der Waals surface area contributed by atoms with Gasteiger partial charge in [-0.3, -0.25) is 4.79 Å². The van der Waals surface area contributed by atoms with Crippen molar-refractivity contribution in [1.29, 1.82) is 0 Å². The molecule has 16 heavy (non-hydrogen) atoms. The number of halogens is 1. The Morgan fingerprint density at radius 2 is 1.69 bits per heavy atom. The molecule has 1 aromatic carbocycles. The van der Waals surface area contributed by atoms with Crippen LogP contribution >= 0.6 is 0 Å². The molecular weight excluding hydrogens is 223 g/mol. The summed E-state index contributed by atoms with van der Waals surface area (Å²) in [5, 5.41) is 25.9. The summed E-state index contributed by atoms with van der Waals surface area (Å²) in [5.74, 6) is -7.49. The highest BCUT2D eigenvalue weighted by molar-refractivity contribution is 6.40. The average Bonchev–Trinajstić information content (AvgIpc) is 2.20. The Morgan fingerprint density at radius 1 is 1.12 bits per heavy atom. The summed E-state index contributed by atoms with van der Waals surface area (Å²) in [6.07, 6.45) is 0. The van der Waals surface area contributed by atoms with Crippen molar-refractivity contribution < 1.29 is 34.1 Å². The van der Waals surface area contributed by atoms with Gasteiger partial charge in [-0.25, -0.2) is 14.0 Å². The van der Waals surface area contributed by atoms with Gasteiger partial charge in [-0.1, -0.05) is 0 Å². The molecule has 0 aliphatic rings. The second-order valence-electron chi connectivity index (χ2n) is 2.79. The van der Waals surface area contributed by atoms with E-state index in [9.17, 15) is 18.8 Å². The third-order valence-electron chi connectivity index (χ3n) is 1.75. The lowest BCUT2D eigenvalue weighted by Gasteiger charge is -2.03. The Labute approximate surface area is 87.6 Å². The van der Waals surface area contributed by atoms with Gasteiger partial charge in [0.25, 0.3) is 5.78 Å². The molecule has 0 bridgehead atoms. The molecule has 0 spiro atoms. The molecule has 0 atom stereocenters. The number of Topliss-reactive ketones (excluding diaryl/α,β-unsaturated/α-hetero) is 1. The monoisotopic (exact) mass is 228 g/mol. The van der Waals surface area contributed by atoms with Crippen LogP contribution in [0.1, 0.15) is 20.7 Å². The third kappa shape index (κ3) is 1.97. The zero-order valence-electron chi connectivity index (χ0n) is 7.60. The normalized spacial score (nSPS) is 9.81. The minimum Gasteiger partial charge on any atom is -0.504 e. The van der Waals surface area contributed by atoms with Crippen LogP contribution in [0.3, 0.4) is 0 Å². The van der Waals surface area contributed by atoms with Gasteiger partial charge in [0.05, 0.1) is 0 Å². The number of carboxylic acid groups (broad SMARTS) is 2. The zero-order valence-corrected chi connectivity index (χ0v) is 7.60. The van der Waals surface area contributed by atoms with Gasteiger partial charge in [0.1, 0.15) is 5.56 Å². The molecule has 0 aliphatic heterocycles. The van der Waals surface area contributed by atoms with Gasteiger partial charge in [-0.05, 0) is 12.1 Å². The van der Waals surface area contributed by atoms with Crippen molar-refractivity contribution in [1.82, 2.24) is 0 Å². The van der Waals surface area contributed by atoms with Crippen LogP contribution in [-0.4, -0.2) is 33.0 Å². The maximum atomic E-state index is 13.0. The Hall–Kier alpha value is -2.44. The van der Waals surface area contributed by atoms with Crippen LogP contribution in [0.15, 0.2) is 12.1 Å². The molecule has 1 rings (SSSR count). The summed E-state index contributed by atoms with van der Waals surface area (Å²) in [4.78, 5) is 31.8. The highest BCUT2D eigenvalue weighted by atomic mass is 19.1. The maximum absolute atomic E-state index is 13.0. The van der Waals surface area contributed by atoms with Gasteiger partial charge in [0.15, 0.2) is 11.6 Å². The molecule has 0 aromatic heterocycles. The van der Waals surface area contributed by atoms with E-state index in [4.69, 9.17) is 15.3 Å². The molecule has 1 aromatic rings. The Morgan fingerprint density at radius 3 is 2.12 bits per heavy atom. The molecule has 0 fully saturated rings. The minimum absolute atomic E-state index is 0.457. The number of benzene rings is 1. The van der Waals surface area contributed by atoms with E-state index in [0.717, 1.165) is 0 Å². The molecule has 0 radical (unpaired) electrons. The van der Waals surface area contributed by atoms with Crippen molar-refractivity contribution in [3.63, 3.8) is 0 Å². The summed E-state index contributed by atoms with van der Waals surface area (Å²) in [7, 11) is 0. The summed E-state index contributed by atoms with van der Waals surface area (Å²) in [6, 6.07) is 1.05. The van der Waals surface area contributed by atoms with Crippen molar-refractivity contribution in [2.75, 3.05) is 0 Å². The van der Waals surface area contributed by atoms with E-state index in [2.05, 4.69) is 0 Å². The fraction of sp³-hybridized carbons (Fsp3) is 0. The van der Waals surface area contributed by atoms with E-state index in [0.29, 0.717) is 12.1 Å². The van der Waals surface area contributed by atoms with Gasteiger partial charge in [0.2, 0.25) is 0 Å². The van der Waals surface area contributed by atoms with Gasteiger partial charge in [-0.2, -0.15) is 0 Å². The molecule has 0 saturated heterocycles. The quantitative estimate of drug-likeness (QED) is 0.512. The molecule has 0 heterocycles. The first-order valence-corrected chi connectivity index (χ1v) is 3.88. The van der Waals surface area contributed by atoms with Crippen LogP contribution in [0, 0.1) is 5.82 Å². The zero-order chi connectivity index (χ0) is 12.5. The number of hydrogen-bond acceptors (Lipinski definition) is 4. The topological polar surface area (TPSA) is 112 Å². The number of aliphatic carboxylic acids is 1. The van der Waals surface area contributed by atoms with Crippen LogP contribution in [-0.2, 0) is 4.79 Å². The van der Waals surface area contributed by atoms with Crippen molar-refractivity contribution in [2.45, 2.75) is 0 Å². The maximum Gasteiger partial charge on any atom is 0.377 e. The number of carbonyl (C=O) groups excluding carboxylic acids is 1. The summed E-state index contributed by atoms with van der Waals surface area (Å²) >= 11 is 0. The van der Waals surface area contributed by atoms with Gasteiger partial charge < -0.3 is 15.3 Å². The number of carbonyl (C=O) groups is 3. The van der Waals surface area contributed by atoms with E-state index < -0.39 is 40.4 Å². The fourth-order valence-electron chi connectivity index (χ4n) is 1.02. The molecule has 84 valence electrons. The Kier molecular flexibility index (Phi) is 2.89. The second kappa shape index (κ2) is 3.97.